The van der Waals surface area contributed by atoms with Crippen LogP contribution in [0, 0.1) is 5.82 Å². The molecule has 0 fully saturated rings. The van der Waals surface area contributed by atoms with Crippen LogP contribution < -0.4 is 5.32 Å². The Morgan fingerprint density at radius 1 is 1.28 bits per heavy atom. The molecule has 3 aromatic heterocycles. The molecule has 0 unspecified atom stereocenters. The van der Waals surface area contributed by atoms with Gasteiger partial charge in [0.1, 0.15) is 17.0 Å². The van der Waals surface area contributed by atoms with Crippen LogP contribution in [0.2, 0.25) is 0 Å². The third-order valence-corrected chi connectivity index (χ3v) is 4.37. The molecule has 1 aromatic carbocycles. The highest BCUT2D eigenvalue weighted by Crippen LogP contribution is 2.32. The number of rotatable bonds is 3. The minimum absolute atomic E-state index is 0.0800. The van der Waals surface area contributed by atoms with Crippen LogP contribution >= 0.6 is 0 Å². The average Bonchev–Trinajstić information content (AvgIpc) is 3.32. The number of halogens is 2. The molecule has 2 N–H and O–H groups in total. The molecule has 0 aliphatic heterocycles. The number of nitrogens with zero attached hydrogens (tertiary/aromatic N) is 4. The Kier molecular flexibility index (Phi) is 4.34. The van der Waals surface area contributed by atoms with E-state index in [0.29, 0.717) is 22.2 Å². The smallest absolute Gasteiger partial charge is 0.345 e. The number of aromatic nitrogens is 4. The third-order valence-electron chi connectivity index (χ3n) is 4.37. The lowest BCUT2D eigenvalue weighted by molar-refractivity contribution is -0.0544. The number of amides is 2. The molecule has 2 amide bonds. The minimum Gasteiger partial charge on any atom is -0.345 e. The lowest BCUT2D eigenvalue weighted by Crippen LogP contribution is -2.23. The summed E-state index contributed by atoms with van der Waals surface area (Å²) in [5.41, 5.74) is 1.79. The molecule has 0 radical (unpaired) electrons. The van der Waals surface area contributed by atoms with Gasteiger partial charge < -0.3 is 9.30 Å². The van der Waals surface area contributed by atoms with Crippen molar-refractivity contribution in [2.24, 2.45) is 0 Å². The monoisotopic (exact) mass is 400 g/mol. The van der Waals surface area contributed by atoms with E-state index in [2.05, 4.69) is 25.4 Å². The maximum atomic E-state index is 14.8. The van der Waals surface area contributed by atoms with Gasteiger partial charge in [-0.2, -0.15) is 5.10 Å². The van der Waals surface area contributed by atoms with Crippen molar-refractivity contribution in [3.63, 3.8) is 0 Å². The summed E-state index contributed by atoms with van der Waals surface area (Å²) >= 11 is 0. The van der Waals surface area contributed by atoms with E-state index in [0.717, 1.165) is 0 Å². The van der Waals surface area contributed by atoms with E-state index < -0.39 is 17.8 Å². The van der Waals surface area contributed by atoms with E-state index in [1.807, 2.05) is 0 Å². The van der Waals surface area contributed by atoms with Gasteiger partial charge in [-0.3, -0.25) is 15.2 Å². The van der Waals surface area contributed by atoms with E-state index in [1.165, 1.54) is 37.5 Å². The van der Waals surface area contributed by atoms with Crippen LogP contribution in [-0.4, -0.2) is 50.6 Å². The second-order valence-electron chi connectivity index (χ2n) is 6.44. The predicted octanol–water partition coefficient (Wildman–Crippen LogP) is 3.15. The molecule has 0 atom stereocenters. The Morgan fingerprint density at radius 3 is 2.79 bits per heavy atom. The number of H-pyrrole nitrogens is 1. The summed E-state index contributed by atoms with van der Waals surface area (Å²) in [5, 5.41) is 9.34. The summed E-state index contributed by atoms with van der Waals surface area (Å²) in [4.78, 5) is 31.8. The van der Waals surface area contributed by atoms with Crippen molar-refractivity contribution < 1.29 is 23.4 Å². The highest BCUT2D eigenvalue weighted by Gasteiger charge is 2.22. The Labute approximate surface area is 161 Å². The van der Waals surface area contributed by atoms with E-state index >= 15 is 0 Å². The number of carbonyl (C=O) groups is 2. The molecule has 0 saturated heterocycles. The molecule has 9 nitrogen and oxygen atoms in total. The van der Waals surface area contributed by atoms with Gasteiger partial charge in [0, 0.05) is 30.2 Å². The van der Waals surface area contributed by atoms with Crippen molar-refractivity contribution >= 4 is 34.4 Å². The number of hydrogen-bond donors (Lipinski definition) is 2. The lowest BCUT2D eigenvalue weighted by atomic mass is 9.99. The van der Waals surface area contributed by atoms with Crippen LogP contribution in [0.1, 0.15) is 10.4 Å². The number of carbonyl (C=O) groups excluding carboxylic acids is 2. The summed E-state index contributed by atoms with van der Waals surface area (Å²) in [7, 11) is 3.07. The van der Waals surface area contributed by atoms with Crippen molar-refractivity contribution in [2.75, 3.05) is 19.4 Å². The van der Waals surface area contributed by atoms with Gasteiger partial charge in [-0.1, -0.05) is 0 Å². The van der Waals surface area contributed by atoms with Gasteiger partial charge in [0.15, 0.2) is 5.82 Å². The molecule has 4 rings (SSSR count). The van der Waals surface area contributed by atoms with E-state index in [4.69, 9.17) is 0 Å². The maximum Gasteiger partial charge on any atom is 0.450 e. The first kappa shape index (κ1) is 18.3. The second kappa shape index (κ2) is 6.86. The molecule has 29 heavy (non-hydrogen) atoms. The number of anilines is 1. The number of imidazole rings is 1. The first-order chi connectivity index (χ1) is 13.9. The third kappa shape index (κ3) is 3.12. The molecule has 0 saturated carbocycles. The molecule has 0 bridgehead atoms. The number of fused-ring (bicyclic) bond motifs is 2. The zero-order valence-electron chi connectivity index (χ0n) is 15.2. The molecule has 4 aromatic rings. The Balaban J connectivity index is 1.83. The SMILES string of the molecule is CN(C)C(=O)c1c(F)cc(-c2ccc3nc(NC(=O)OF)cn3c2)c2cn[nH]c12. The fourth-order valence-corrected chi connectivity index (χ4v) is 3.08. The molecule has 11 heteroatoms. The number of pyridine rings is 1. The van der Waals surface area contributed by atoms with Gasteiger partial charge >= 0.3 is 6.09 Å². The number of nitrogens with one attached hydrogen (secondary N) is 2. The Bertz CT molecular complexity index is 1260. The van der Waals surface area contributed by atoms with Crippen LogP contribution in [0.5, 0.6) is 0 Å². The van der Waals surface area contributed by atoms with E-state index in [-0.39, 0.29) is 16.9 Å². The summed E-state index contributed by atoms with van der Waals surface area (Å²) in [6.45, 7) is 0. The minimum atomic E-state index is -1.29. The van der Waals surface area contributed by atoms with E-state index in [1.54, 1.807) is 22.7 Å². The zero-order valence-corrected chi connectivity index (χ0v) is 15.2. The topological polar surface area (TPSA) is 105 Å². The van der Waals surface area contributed by atoms with Gasteiger partial charge in [0.05, 0.1) is 17.9 Å². The largest absolute Gasteiger partial charge is 0.450 e. The average molecular weight is 400 g/mol. The van der Waals surface area contributed by atoms with E-state index in [9.17, 15) is 18.5 Å². The summed E-state index contributed by atoms with van der Waals surface area (Å²) in [5.74, 6) is -1.09. The molecule has 148 valence electrons. The first-order valence-corrected chi connectivity index (χ1v) is 8.35. The fourth-order valence-electron chi connectivity index (χ4n) is 3.08. The van der Waals surface area contributed by atoms with Crippen molar-refractivity contribution in [3.05, 3.63) is 48.2 Å². The standard InChI is InChI=1S/C18H14F2N6O3/c1-25(2)17(27)15-12(19)5-10(11-6-21-24-16(11)15)9-3-4-14-22-13(8-26(14)7-9)23-18(28)29-20/h3-8H,1-2H3,(H,21,24)(H,23,28). The molecule has 0 spiro atoms. The Morgan fingerprint density at radius 2 is 2.07 bits per heavy atom. The van der Waals surface area contributed by atoms with Gasteiger partial charge in [-0.25, -0.2) is 19.1 Å². The van der Waals surface area contributed by atoms with Crippen molar-refractivity contribution in [1.82, 2.24) is 24.5 Å². The zero-order chi connectivity index (χ0) is 20.7. The van der Waals surface area contributed by atoms with Crippen molar-refractivity contribution in [2.45, 2.75) is 0 Å². The number of hydrogen-bond acceptors (Lipinski definition) is 5. The number of aromatic amines is 1. The highest BCUT2D eigenvalue weighted by molar-refractivity contribution is 6.09. The second-order valence-corrected chi connectivity index (χ2v) is 6.44. The summed E-state index contributed by atoms with van der Waals surface area (Å²) in [6.07, 6.45) is 3.32. The predicted molar refractivity (Wildman–Crippen MR) is 99.5 cm³/mol. The van der Waals surface area contributed by atoms with Gasteiger partial charge in [-0.05, 0) is 29.3 Å². The molecule has 3 heterocycles. The molecular weight excluding hydrogens is 386 g/mol. The van der Waals surface area contributed by atoms with Gasteiger partial charge in [-0.15, -0.1) is 0 Å². The summed E-state index contributed by atoms with van der Waals surface area (Å²) < 4.78 is 28.3. The van der Waals surface area contributed by atoms with Crippen LogP contribution in [0.4, 0.5) is 19.5 Å². The van der Waals surface area contributed by atoms with Gasteiger partial charge in [0.2, 0.25) is 0 Å². The molecule has 0 aliphatic rings. The number of benzene rings is 1. The van der Waals surface area contributed by atoms with Crippen molar-refractivity contribution in [3.8, 4) is 11.1 Å². The fraction of sp³-hybridized carbons (Fsp3) is 0.111. The van der Waals surface area contributed by atoms with Gasteiger partial charge in [0.25, 0.3) is 5.91 Å². The quantitative estimate of drug-likeness (QED) is 0.550. The maximum absolute atomic E-state index is 14.8. The van der Waals surface area contributed by atoms with Crippen LogP contribution in [0.3, 0.4) is 0 Å². The van der Waals surface area contributed by atoms with Crippen LogP contribution in [0.25, 0.3) is 27.7 Å². The van der Waals surface area contributed by atoms with Crippen molar-refractivity contribution in [1.29, 1.82) is 0 Å². The van der Waals surface area contributed by atoms with Crippen LogP contribution in [-0.2, 0) is 4.94 Å². The normalized spacial score (nSPS) is 11.0. The molecular formula is C18H14F2N6O3. The lowest BCUT2D eigenvalue weighted by Gasteiger charge is -2.13. The Hall–Kier alpha value is -4.02. The van der Waals surface area contributed by atoms with Crippen LogP contribution in [0.15, 0.2) is 36.8 Å². The highest BCUT2D eigenvalue weighted by atomic mass is 19.3. The summed E-state index contributed by atoms with van der Waals surface area (Å²) in [6, 6.07) is 4.62. The first-order valence-electron chi connectivity index (χ1n) is 8.35. The molecule has 0 aliphatic carbocycles.